The van der Waals surface area contributed by atoms with Gasteiger partial charge in [-0.2, -0.15) is 11.8 Å². The van der Waals surface area contributed by atoms with E-state index in [-0.39, 0.29) is 5.56 Å². The molecule has 0 radical (unpaired) electrons. The zero-order valence-corrected chi connectivity index (χ0v) is 12.0. The number of esters is 1. The monoisotopic (exact) mass is 283 g/mol. The number of thioether (sulfide) groups is 1. The van der Waals surface area contributed by atoms with Crippen molar-refractivity contribution in [2.75, 3.05) is 19.9 Å². The lowest BCUT2D eigenvalue weighted by atomic mass is 10.1. The smallest absolute Gasteiger partial charge is 0.340 e. The highest BCUT2D eigenvalue weighted by Gasteiger charge is 2.41. The molecule has 19 heavy (non-hydrogen) atoms. The van der Waals surface area contributed by atoms with Crippen molar-refractivity contribution in [1.29, 1.82) is 0 Å². The van der Waals surface area contributed by atoms with E-state index in [9.17, 15) is 9.18 Å². The first-order chi connectivity index (χ1) is 9.10. The fraction of sp³-hybridized carbons (Fsp3) is 0.500. The Morgan fingerprint density at radius 1 is 1.53 bits per heavy atom. The number of benzene rings is 1. The van der Waals surface area contributed by atoms with Gasteiger partial charge in [-0.25, -0.2) is 9.18 Å². The third-order valence-electron chi connectivity index (χ3n) is 3.46. The molecule has 1 saturated carbocycles. The molecule has 1 aromatic rings. The number of methoxy groups -OCH3 is 1. The maximum Gasteiger partial charge on any atom is 0.340 e. The van der Waals surface area contributed by atoms with Crippen LogP contribution in [0.25, 0.3) is 0 Å². The van der Waals surface area contributed by atoms with Gasteiger partial charge in [0.15, 0.2) is 0 Å². The molecule has 0 aliphatic heterocycles. The molecular formula is C14H18FNO2S. The molecule has 104 valence electrons. The molecule has 1 fully saturated rings. The summed E-state index contributed by atoms with van der Waals surface area (Å²) >= 11 is 1.89. The van der Waals surface area contributed by atoms with Crippen molar-refractivity contribution in [2.24, 2.45) is 0 Å². The average Bonchev–Trinajstić information content (AvgIpc) is 3.19. The van der Waals surface area contributed by atoms with Crippen molar-refractivity contribution in [3.05, 3.63) is 35.1 Å². The molecule has 1 aromatic carbocycles. The van der Waals surface area contributed by atoms with Gasteiger partial charge in [0, 0.05) is 17.8 Å². The summed E-state index contributed by atoms with van der Waals surface area (Å²) in [5.41, 5.74) is 0.816. The number of nitrogens with one attached hydrogen (secondary N) is 1. The molecule has 5 heteroatoms. The topological polar surface area (TPSA) is 38.3 Å². The molecule has 0 amide bonds. The minimum Gasteiger partial charge on any atom is -0.465 e. The summed E-state index contributed by atoms with van der Waals surface area (Å²) in [6.45, 7) is 1.55. The molecular weight excluding hydrogens is 265 g/mol. The maximum absolute atomic E-state index is 13.7. The summed E-state index contributed by atoms with van der Waals surface area (Å²) in [6, 6.07) is 4.61. The summed E-state index contributed by atoms with van der Waals surface area (Å²) in [6.07, 6.45) is 4.62. The highest BCUT2D eigenvalue weighted by atomic mass is 32.2. The van der Waals surface area contributed by atoms with Crippen LogP contribution < -0.4 is 5.32 Å². The lowest BCUT2D eigenvalue weighted by Crippen LogP contribution is -2.25. The molecule has 0 spiro atoms. The van der Waals surface area contributed by atoms with Crippen LogP contribution in [0.1, 0.15) is 28.8 Å². The van der Waals surface area contributed by atoms with E-state index in [0.29, 0.717) is 11.3 Å². The lowest BCUT2D eigenvalue weighted by molar-refractivity contribution is 0.0595. The zero-order chi connectivity index (χ0) is 13.9. The molecule has 0 aromatic heterocycles. The Labute approximate surface area is 116 Å². The highest BCUT2D eigenvalue weighted by Crippen LogP contribution is 2.46. The molecule has 0 bridgehead atoms. The van der Waals surface area contributed by atoms with Gasteiger partial charge in [0.05, 0.1) is 12.7 Å². The molecule has 1 aliphatic rings. The first kappa shape index (κ1) is 14.3. The second-order valence-electron chi connectivity index (χ2n) is 4.80. The Balaban J connectivity index is 1.91. The molecule has 0 heterocycles. The third kappa shape index (κ3) is 3.48. The van der Waals surface area contributed by atoms with Gasteiger partial charge in [0.1, 0.15) is 5.82 Å². The van der Waals surface area contributed by atoms with Gasteiger partial charge in [-0.15, -0.1) is 0 Å². The summed E-state index contributed by atoms with van der Waals surface area (Å²) < 4.78 is 18.6. The minimum absolute atomic E-state index is 0.0194. The molecule has 3 nitrogen and oxygen atoms in total. The number of halogens is 1. The van der Waals surface area contributed by atoms with Crippen molar-refractivity contribution in [3.8, 4) is 0 Å². The Hall–Kier alpha value is -1.07. The standard InChI is InChI=1S/C14H18FNO2S/c1-18-13(17)11-4-3-10(7-12(11)15)8-16-9-14(19-2)5-6-14/h3-4,7,16H,5-6,8-9H2,1-2H3. The van der Waals surface area contributed by atoms with Crippen LogP contribution in [-0.2, 0) is 11.3 Å². The van der Waals surface area contributed by atoms with Gasteiger partial charge in [-0.3, -0.25) is 0 Å². The van der Waals surface area contributed by atoms with Crippen molar-refractivity contribution < 1.29 is 13.9 Å². The highest BCUT2D eigenvalue weighted by molar-refractivity contribution is 8.00. The molecule has 2 rings (SSSR count). The van der Waals surface area contributed by atoms with Crippen LogP contribution in [-0.4, -0.2) is 30.6 Å². The Bertz CT molecular complexity index is 475. The summed E-state index contributed by atoms with van der Waals surface area (Å²) in [5.74, 6) is -1.17. The van der Waals surface area contributed by atoms with Crippen LogP contribution in [0.4, 0.5) is 4.39 Å². The van der Waals surface area contributed by atoms with Crippen molar-refractivity contribution in [3.63, 3.8) is 0 Å². The van der Waals surface area contributed by atoms with E-state index >= 15 is 0 Å². The Morgan fingerprint density at radius 2 is 2.26 bits per heavy atom. The Kier molecular flexibility index (Phi) is 4.47. The first-order valence-electron chi connectivity index (χ1n) is 6.23. The van der Waals surface area contributed by atoms with Crippen molar-refractivity contribution in [2.45, 2.75) is 24.1 Å². The predicted octanol–water partition coefficient (Wildman–Crippen LogP) is 2.60. The van der Waals surface area contributed by atoms with E-state index in [1.54, 1.807) is 6.07 Å². The summed E-state index contributed by atoms with van der Waals surface area (Å²) in [7, 11) is 1.24. The fourth-order valence-corrected chi connectivity index (χ4v) is 2.73. The third-order valence-corrected chi connectivity index (χ3v) is 4.87. The van der Waals surface area contributed by atoms with Gasteiger partial charge in [-0.05, 0) is 36.8 Å². The number of carbonyl (C=O) groups is 1. The van der Waals surface area contributed by atoms with E-state index < -0.39 is 11.8 Å². The molecule has 0 saturated heterocycles. The van der Waals surface area contributed by atoms with Crippen LogP contribution in [0, 0.1) is 5.82 Å². The van der Waals surface area contributed by atoms with Crippen LogP contribution in [0.5, 0.6) is 0 Å². The number of carbonyl (C=O) groups excluding carboxylic acids is 1. The fourth-order valence-electron chi connectivity index (χ4n) is 1.97. The SMILES string of the molecule is COC(=O)c1ccc(CNCC2(SC)CC2)cc1F. The lowest BCUT2D eigenvalue weighted by Gasteiger charge is -2.13. The van der Waals surface area contributed by atoms with Crippen molar-refractivity contribution in [1.82, 2.24) is 5.32 Å². The second kappa shape index (κ2) is 5.92. The quantitative estimate of drug-likeness (QED) is 0.814. The first-order valence-corrected chi connectivity index (χ1v) is 7.45. The molecule has 0 atom stereocenters. The summed E-state index contributed by atoms with van der Waals surface area (Å²) in [4.78, 5) is 11.3. The van der Waals surface area contributed by atoms with Crippen LogP contribution >= 0.6 is 11.8 Å². The largest absolute Gasteiger partial charge is 0.465 e. The van der Waals surface area contributed by atoms with E-state index in [0.717, 1.165) is 12.1 Å². The van der Waals surface area contributed by atoms with Crippen LogP contribution in [0.2, 0.25) is 0 Å². The van der Waals surface area contributed by atoms with Gasteiger partial charge in [0.2, 0.25) is 0 Å². The number of ether oxygens (including phenoxy) is 1. The molecule has 1 aliphatic carbocycles. The predicted molar refractivity (Wildman–Crippen MR) is 74.9 cm³/mol. The second-order valence-corrected chi connectivity index (χ2v) is 6.07. The van der Waals surface area contributed by atoms with Crippen LogP contribution in [0.15, 0.2) is 18.2 Å². The zero-order valence-electron chi connectivity index (χ0n) is 11.2. The molecule has 1 N–H and O–H groups in total. The van der Waals surface area contributed by atoms with Gasteiger partial charge in [-0.1, -0.05) is 6.07 Å². The molecule has 0 unspecified atom stereocenters. The van der Waals surface area contributed by atoms with E-state index in [4.69, 9.17) is 0 Å². The van der Waals surface area contributed by atoms with E-state index in [1.165, 1.54) is 32.1 Å². The number of hydrogen-bond donors (Lipinski definition) is 1. The van der Waals surface area contributed by atoms with Gasteiger partial charge >= 0.3 is 5.97 Å². The van der Waals surface area contributed by atoms with E-state index in [1.807, 2.05) is 11.8 Å². The number of hydrogen-bond acceptors (Lipinski definition) is 4. The maximum atomic E-state index is 13.7. The normalized spacial score (nSPS) is 16.2. The average molecular weight is 283 g/mol. The number of rotatable bonds is 6. The minimum atomic E-state index is -0.642. The van der Waals surface area contributed by atoms with E-state index in [2.05, 4.69) is 16.3 Å². The summed E-state index contributed by atoms with van der Waals surface area (Å²) in [5, 5.41) is 3.34. The van der Waals surface area contributed by atoms with Gasteiger partial charge in [0.25, 0.3) is 0 Å². The van der Waals surface area contributed by atoms with Crippen molar-refractivity contribution >= 4 is 17.7 Å². The Morgan fingerprint density at radius 3 is 2.79 bits per heavy atom. The van der Waals surface area contributed by atoms with Gasteiger partial charge < -0.3 is 10.1 Å². The van der Waals surface area contributed by atoms with Crippen LogP contribution in [0.3, 0.4) is 0 Å².